The van der Waals surface area contributed by atoms with Gasteiger partial charge in [0.05, 0.1) is 26.1 Å². The van der Waals surface area contributed by atoms with Crippen molar-refractivity contribution in [3.63, 3.8) is 0 Å². The van der Waals surface area contributed by atoms with Crippen LogP contribution in [0.3, 0.4) is 0 Å². The predicted octanol–water partition coefficient (Wildman–Crippen LogP) is 5.72. The minimum absolute atomic E-state index is 0.156. The highest BCUT2D eigenvalue weighted by molar-refractivity contribution is 9.13. The molecule has 13 heavy (non-hydrogen) atoms. The second-order valence-corrected chi connectivity index (χ2v) is 4.75. The zero-order chi connectivity index (χ0) is 10.2. The smallest absolute Gasteiger partial charge is 0.226 e. The summed E-state index contributed by atoms with van der Waals surface area (Å²) in [6.45, 7) is 6.85. The molecule has 0 aliphatic heterocycles. The molecule has 0 heterocycles. The lowest BCUT2D eigenvalue weighted by Crippen LogP contribution is -1.78. The van der Waals surface area contributed by atoms with Gasteiger partial charge in [-0.3, -0.25) is 0 Å². The molecule has 6 heteroatoms. The van der Waals surface area contributed by atoms with Gasteiger partial charge in [-0.1, -0.05) is 34.8 Å². The summed E-state index contributed by atoms with van der Waals surface area (Å²) in [6.07, 6.45) is 0. The average Bonchev–Trinajstić information content (AvgIpc) is 2.13. The van der Waals surface area contributed by atoms with Crippen LogP contribution in [-0.4, -0.2) is 0 Å². The van der Waals surface area contributed by atoms with Crippen molar-refractivity contribution in [1.82, 2.24) is 0 Å². The minimum Gasteiger partial charge on any atom is -0.235 e. The quantitative estimate of drug-likeness (QED) is 0.315. The fourth-order valence-corrected chi connectivity index (χ4v) is 2.51. The normalized spacial score (nSPS) is 9.85. The molecule has 0 atom stereocenters. The average molecular weight is 364 g/mol. The highest BCUT2D eigenvalue weighted by Gasteiger charge is 2.18. The van der Waals surface area contributed by atoms with E-state index in [9.17, 15) is 0 Å². The van der Waals surface area contributed by atoms with Crippen molar-refractivity contribution >= 4 is 72.4 Å². The van der Waals surface area contributed by atoms with Gasteiger partial charge in [-0.25, -0.2) is 4.85 Å². The van der Waals surface area contributed by atoms with E-state index in [0.717, 1.165) is 0 Å². The molecular weight excluding hydrogens is 364 g/mol. The Balaban J connectivity index is 3.69. The Morgan fingerprint density at radius 2 is 1.38 bits per heavy atom. The number of halogens is 5. The third kappa shape index (κ3) is 1.98. The van der Waals surface area contributed by atoms with Crippen LogP contribution in [0, 0.1) is 6.57 Å². The SMILES string of the molecule is [C-]#[N+]c1c(Cl)c(Cl)c(Br)c(Br)c1Cl. The van der Waals surface area contributed by atoms with Gasteiger partial charge in [-0.15, -0.1) is 0 Å². The van der Waals surface area contributed by atoms with Gasteiger partial charge in [-0.2, -0.15) is 0 Å². The van der Waals surface area contributed by atoms with Gasteiger partial charge in [0.2, 0.25) is 5.69 Å². The zero-order valence-electron chi connectivity index (χ0n) is 5.84. The van der Waals surface area contributed by atoms with Crippen molar-refractivity contribution in [3.8, 4) is 0 Å². The maximum Gasteiger partial charge on any atom is 0.226 e. The molecule has 0 bridgehead atoms. The van der Waals surface area contributed by atoms with Crippen LogP contribution in [0.1, 0.15) is 0 Å². The summed E-state index contributed by atoms with van der Waals surface area (Å²) in [5.74, 6) is 0. The monoisotopic (exact) mass is 361 g/mol. The van der Waals surface area contributed by atoms with Crippen LogP contribution in [0.4, 0.5) is 5.69 Å². The first kappa shape index (κ1) is 11.6. The Labute approximate surface area is 107 Å². The molecular formula is C7Br2Cl3N. The number of hydrogen-bond donors (Lipinski definition) is 0. The molecule has 0 amide bonds. The first-order valence-corrected chi connectivity index (χ1v) is 5.61. The van der Waals surface area contributed by atoms with Gasteiger partial charge in [0.1, 0.15) is 0 Å². The molecule has 0 saturated carbocycles. The summed E-state index contributed by atoms with van der Waals surface area (Å²) in [4.78, 5) is 3.18. The lowest BCUT2D eigenvalue weighted by Gasteiger charge is -2.06. The number of rotatable bonds is 0. The first-order chi connectivity index (χ1) is 6.00. The Kier molecular flexibility index (Phi) is 3.91. The van der Waals surface area contributed by atoms with Gasteiger partial charge in [-0.05, 0) is 31.9 Å². The third-order valence-electron chi connectivity index (χ3n) is 1.30. The zero-order valence-corrected chi connectivity index (χ0v) is 11.3. The number of hydrogen-bond acceptors (Lipinski definition) is 0. The Morgan fingerprint density at radius 1 is 0.923 bits per heavy atom. The fourth-order valence-electron chi connectivity index (χ4n) is 0.691. The van der Waals surface area contributed by atoms with Crippen molar-refractivity contribution in [1.29, 1.82) is 0 Å². The first-order valence-electron chi connectivity index (χ1n) is 2.89. The van der Waals surface area contributed by atoms with E-state index >= 15 is 0 Å². The predicted molar refractivity (Wildman–Crippen MR) is 63.1 cm³/mol. The number of benzene rings is 1. The molecule has 0 spiro atoms. The topological polar surface area (TPSA) is 4.36 Å². The maximum atomic E-state index is 6.85. The van der Waals surface area contributed by atoms with E-state index in [4.69, 9.17) is 41.4 Å². The van der Waals surface area contributed by atoms with Crippen LogP contribution in [0.15, 0.2) is 8.95 Å². The van der Waals surface area contributed by atoms with Gasteiger partial charge in [0.25, 0.3) is 0 Å². The highest BCUT2D eigenvalue weighted by atomic mass is 79.9. The summed E-state index contributed by atoms with van der Waals surface area (Å²) in [5, 5.41) is 0.706. The molecule has 0 fully saturated rings. The van der Waals surface area contributed by atoms with Crippen LogP contribution >= 0.6 is 66.7 Å². The summed E-state index contributed by atoms with van der Waals surface area (Å²) in [6, 6.07) is 0. The van der Waals surface area contributed by atoms with E-state index in [1.165, 1.54) is 0 Å². The standard InChI is InChI=1S/C7Br2Cl3N/c1-13-7-5(11)3(9)2(8)4(10)6(7)12. The molecule has 68 valence electrons. The van der Waals surface area contributed by atoms with Gasteiger partial charge in [0.15, 0.2) is 0 Å². The molecule has 1 aromatic rings. The molecule has 0 aliphatic rings. The van der Waals surface area contributed by atoms with Crippen LogP contribution in [0.5, 0.6) is 0 Å². The lowest BCUT2D eigenvalue weighted by molar-refractivity contribution is 1.59. The lowest BCUT2D eigenvalue weighted by atomic mass is 10.3. The minimum atomic E-state index is 0.156. The molecule has 0 aromatic heterocycles. The Morgan fingerprint density at radius 3 is 1.85 bits per heavy atom. The van der Waals surface area contributed by atoms with Crippen molar-refractivity contribution in [2.75, 3.05) is 0 Å². The molecule has 1 rings (SSSR count). The molecule has 0 N–H and O–H groups in total. The van der Waals surface area contributed by atoms with Crippen LogP contribution < -0.4 is 0 Å². The van der Waals surface area contributed by atoms with Crippen molar-refractivity contribution in [2.24, 2.45) is 0 Å². The highest BCUT2D eigenvalue weighted by Crippen LogP contribution is 2.48. The van der Waals surface area contributed by atoms with Gasteiger partial charge in [0, 0.05) is 4.47 Å². The number of nitrogens with zero attached hydrogens (tertiary/aromatic N) is 1. The molecule has 1 nitrogen and oxygen atoms in total. The van der Waals surface area contributed by atoms with E-state index in [1.807, 2.05) is 0 Å². The summed E-state index contributed by atoms with van der Waals surface area (Å²) < 4.78 is 1.09. The van der Waals surface area contributed by atoms with Crippen LogP contribution in [0.25, 0.3) is 4.85 Å². The second-order valence-electron chi connectivity index (χ2n) is 2.03. The van der Waals surface area contributed by atoms with E-state index < -0.39 is 0 Å². The second kappa shape index (κ2) is 4.37. The Hall–Kier alpha value is 0.540. The summed E-state index contributed by atoms with van der Waals surface area (Å²) >= 11 is 23.8. The molecule has 0 saturated heterocycles. The molecule has 0 radical (unpaired) electrons. The fraction of sp³-hybridized carbons (Fsp3) is 0. The Bertz CT molecular complexity index is 382. The van der Waals surface area contributed by atoms with Crippen molar-refractivity contribution in [2.45, 2.75) is 0 Å². The van der Waals surface area contributed by atoms with E-state index in [2.05, 4.69) is 36.7 Å². The molecule has 0 aliphatic carbocycles. The van der Waals surface area contributed by atoms with E-state index in [-0.39, 0.29) is 20.8 Å². The van der Waals surface area contributed by atoms with Crippen molar-refractivity contribution in [3.05, 3.63) is 35.4 Å². The van der Waals surface area contributed by atoms with Crippen LogP contribution in [-0.2, 0) is 0 Å². The summed E-state index contributed by atoms with van der Waals surface area (Å²) in [7, 11) is 0. The third-order valence-corrected chi connectivity index (χ3v) is 5.08. The van der Waals surface area contributed by atoms with E-state index in [0.29, 0.717) is 8.95 Å². The molecule has 1 aromatic carbocycles. The van der Waals surface area contributed by atoms with Gasteiger partial charge >= 0.3 is 0 Å². The van der Waals surface area contributed by atoms with Gasteiger partial charge < -0.3 is 0 Å². The van der Waals surface area contributed by atoms with Crippen LogP contribution in [0.2, 0.25) is 15.1 Å². The van der Waals surface area contributed by atoms with E-state index in [1.54, 1.807) is 0 Å². The summed E-state index contributed by atoms with van der Waals surface area (Å²) in [5.41, 5.74) is 0.156. The maximum absolute atomic E-state index is 6.85. The largest absolute Gasteiger partial charge is 0.235 e. The molecule has 0 unspecified atom stereocenters. The van der Waals surface area contributed by atoms with Crippen molar-refractivity contribution < 1.29 is 0 Å².